The molecule has 0 fully saturated rings. The lowest BCUT2D eigenvalue weighted by Gasteiger charge is -2.33. The Balaban J connectivity index is 2.06. The maximum atomic E-state index is 14.0. The largest absolute Gasteiger partial charge is 0.354 e. The van der Waals surface area contributed by atoms with Gasteiger partial charge in [0, 0.05) is 13.1 Å². The minimum absolute atomic E-state index is 0.0155. The van der Waals surface area contributed by atoms with Gasteiger partial charge in [-0.05, 0) is 55.7 Å². The van der Waals surface area contributed by atoms with Crippen LogP contribution in [-0.4, -0.2) is 44.3 Å². The van der Waals surface area contributed by atoms with Crippen LogP contribution in [0.25, 0.3) is 0 Å². The quantitative estimate of drug-likeness (QED) is 0.288. The fraction of sp³-hybridized carbons (Fsp3) is 0.310. The van der Waals surface area contributed by atoms with Crippen LogP contribution in [0.4, 0.5) is 5.69 Å². The third kappa shape index (κ3) is 7.75. The molecule has 0 bridgehead atoms. The highest BCUT2D eigenvalue weighted by molar-refractivity contribution is 7.92. The molecule has 1 N–H and O–H groups in total. The normalized spacial score (nSPS) is 12.0. The van der Waals surface area contributed by atoms with E-state index in [4.69, 9.17) is 23.2 Å². The van der Waals surface area contributed by atoms with E-state index in [1.54, 1.807) is 18.2 Å². The number of aryl methyl sites for hydroxylation is 1. The monoisotopic (exact) mass is 589 g/mol. The molecule has 0 aromatic heterocycles. The van der Waals surface area contributed by atoms with E-state index in [2.05, 4.69) is 5.32 Å². The van der Waals surface area contributed by atoms with Crippen molar-refractivity contribution in [3.05, 3.63) is 94.0 Å². The third-order valence-electron chi connectivity index (χ3n) is 6.21. The lowest BCUT2D eigenvalue weighted by atomic mass is 10.1. The fourth-order valence-electron chi connectivity index (χ4n) is 4.06. The van der Waals surface area contributed by atoms with Gasteiger partial charge in [0.05, 0.1) is 20.6 Å². The maximum absolute atomic E-state index is 14.0. The lowest BCUT2D eigenvalue weighted by molar-refractivity contribution is -0.140. The van der Waals surface area contributed by atoms with Crippen LogP contribution >= 0.6 is 23.2 Å². The van der Waals surface area contributed by atoms with Gasteiger partial charge in [-0.25, -0.2) is 8.42 Å². The number of amides is 2. The zero-order chi connectivity index (χ0) is 28.6. The van der Waals surface area contributed by atoms with Gasteiger partial charge in [0.2, 0.25) is 11.8 Å². The third-order valence-corrected chi connectivity index (χ3v) is 8.74. The molecule has 0 aliphatic carbocycles. The minimum atomic E-state index is -4.17. The molecule has 0 aliphatic heterocycles. The number of nitrogens with zero attached hydrogens (tertiary/aromatic N) is 2. The van der Waals surface area contributed by atoms with Crippen LogP contribution in [0.15, 0.2) is 77.7 Å². The molecule has 0 heterocycles. The van der Waals surface area contributed by atoms with Crippen LogP contribution < -0.4 is 9.62 Å². The van der Waals surface area contributed by atoms with Gasteiger partial charge in [-0.15, -0.1) is 0 Å². The molecule has 3 rings (SSSR count). The van der Waals surface area contributed by atoms with Crippen LogP contribution in [0.5, 0.6) is 0 Å². The molecular weight excluding hydrogens is 557 g/mol. The number of carbonyl (C=O) groups excluding carboxylic acids is 2. The second-order valence-electron chi connectivity index (χ2n) is 9.15. The highest BCUT2D eigenvalue weighted by Gasteiger charge is 2.33. The first kappa shape index (κ1) is 30.5. The van der Waals surface area contributed by atoms with Crippen molar-refractivity contribution in [3.8, 4) is 0 Å². The Hall–Kier alpha value is -3.07. The average Bonchev–Trinajstić information content (AvgIpc) is 2.93. The molecule has 0 unspecified atom stereocenters. The minimum Gasteiger partial charge on any atom is -0.354 e. The number of halogens is 2. The first-order valence-corrected chi connectivity index (χ1v) is 14.9. The molecule has 0 saturated heterocycles. The highest BCUT2D eigenvalue weighted by Crippen LogP contribution is 2.31. The van der Waals surface area contributed by atoms with Crippen LogP contribution in [-0.2, 0) is 26.2 Å². The van der Waals surface area contributed by atoms with E-state index in [1.165, 1.54) is 35.2 Å². The van der Waals surface area contributed by atoms with E-state index in [0.29, 0.717) is 13.0 Å². The topological polar surface area (TPSA) is 86.8 Å². The van der Waals surface area contributed by atoms with Gasteiger partial charge in [-0.3, -0.25) is 13.9 Å². The summed E-state index contributed by atoms with van der Waals surface area (Å²) in [6.45, 7) is 5.79. The maximum Gasteiger partial charge on any atom is 0.264 e. The number of hydrogen-bond donors (Lipinski definition) is 1. The van der Waals surface area contributed by atoms with Gasteiger partial charge in [-0.1, -0.05) is 85.1 Å². The van der Waals surface area contributed by atoms with Gasteiger partial charge >= 0.3 is 0 Å². The summed E-state index contributed by atoms with van der Waals surface area (Å²) in [5.74, 6) is -0.813. The second-order valence-corrected chi connectivity index (χ2v) is 11.8. The van der Waals surface area contributed by atoms with Crippen LogP contribution in [0, 0.1) is 6.92 Å². The summed E-state index contributed by atoms with van der Waals surface area (Å²) in [6.07, 6.45) is 1.10. The Morgan fingerprint density at radius 1 is 0.923 bits per heavy atom. The molecule has 3 aromatic rings. The van der Waals surface area contributed by atoms with Crippen molar-refractivity contribution < 1.29 is 18.0 Å². The molecular formula is C29H33Cl2N3O4S. The molecule has 7 nitrogen and oxygen atoms in total. The molecule has 39 heavy (non-hydrogen) atoms. The first-order chi connectivity index (χ1) is 18.6. The van der Waals surface area contributed by atoms with E-state index < -0.39 is 28.5 Å². The van der Waals surface area contributed by atoms with Crippen LogP contribution in [0.2, 0.25) is 10.0 Å². The van der Waals surface area contributed by atoms with Crippen molar-refractivity contribution in [2.75, 3.05) is 17.4 Å². The van der Waals surface area contributed by atoms with E-state index in [1.807, 2.05) is 45.0 Å². The van der Waals surface area contributed by atoms with E-state index >= 15 is 0 Å². The van der Waals surface area contributed by atoms with E-state index in [9.17, 15) is 18.0 Å². The molecule has 208 valence electrons. The second kappa shape index (κ2) is 13.8. The molecule has 3 aromatic carbocycles. The van der Waals surface area contributed by atoms with Crippen molar-refractivity contribution in [1.82, 2.24) is 10.2 Å². The average molecular weight is 591 g/mol. The van der Waals surface area contributed by atoms with Gasteiger partial charge in [0.1, 0.15) is 12.6 Å². The highest BCUT2D eigenvalue weighted by atomic mass is 35.5. The van der Waals surface area contributed by atoms with E-state index in [-0.39, 0.29) is 33.1 Å². The van der Waals surface area contributed by atoms with Crippen molar-refractivity contribution in [3.63, 3.8) is 0 Å². The lowest BCUT2D eigenvalue weighted by Crippen LogP contribution is -2.52. The summed E-state index contributed by atoms with van der Waals surface area (Å²) in [5.41, 5.74) is 2.06. The molecule has 0 saturated carbocycles. The predicted molar refractivity (Wildman–Crippen MR) is 157 cm³/mol. The molecule has 0 radical (unpaired) electrons. The molecule has 0 spiro atoms. The summed E-state index contributed by atoms with van der Waals surface area (Å²) in [5, 5.41) is 3.27. The standard InChI is InChI=1S/C29H33Cl2N3O4S/c1-4-17-32-29(36)27(5-2)33(19-22-13-11-21(3)12-14-22)28(35)20-34(23-15-16-25(30)26(31)18-23)39(37,38)24-9-7-6-8-10-24/h6-16,18,27H,4-5,17,19-20H2,1-3H3,(H,32,36)/t27-/m0/s1. The zero-order valence-electron chi connectivity index (χ0n) is 22.2. The van der Waals surface area contributed by atoms with Crippen molar-refractivity contribution in [2.24, 2.45) is 0 Å². The van der Waals surface area contributed by atoms with Gasteiger partial charge in [-0.2, -0.15) is 0 Å². The fourth-order valence-corrected chi connectivity index (χ4v) is 5.78. The van der Waals surface area contributed by atoms with Crippen molar-refractivity contribution >= 4 is 50.7 Å². The Kier molecular flexibility index (Phi) is 10.8. The van der Waals surface area contributed by atoms with Gasteiger partial charge in [0.25, 0.3) is 10.0 Å². The summed E-state index contributed by atoms with van der Waals surface area (Å²) < 4.78 is 28.6. The smallest absolute Gasteiger partial charge is 0.264 e. The number of carbonyl (C=O) groups is 2. The van der Waals surface area contributed by atoms with Crippen LogP contribution in [0.1, 0.15) is 37.8 Å². The predicted octanol–water partition coefficient (Wildman–Crippen LogP) is 5.83. The number of anilines is 1. The number of nitrogens with one attached hydrogen (secondary N) is 1. The van der Waals surface area contributed by atoms with E-state index in [0.717, 1.165) is 21.9 Å². The summed E-state index contributed by atoms with van der Waals surface area (Å²) in [7, 11) is -4.17. The zero-order valence-corrected chi connectivity index (χ0v) is 24.6. The molecule has 2 amide bonds. The van der Waals surface area contributed by atoms with Gasteiger partial charge in [0.15, 0.2) is 0 Å². The SMILES string of the molecule is CCCNC(=O)[C@H](CC)N(Cc1ccc(C)cc1)C(=O)CN(c1ccc(Cl)c(Cl)c1)S(=O)(=O)c1ccccc1. The Labute approximate surface area is 240 Å². The molecule has 10 heteroatoms. The van der Waals surface area contributed by atoms with Crippen molar-refractivity contribution in [1.29, 1.82) is 0 Å². The molecule has 0 aliphatic rings. The first-order valence-electron chi connectivity index (χ1n) is 12.7. The summed E-state index contributed by atoms with van der Waals surface area (Å²) in [4.78, 5) is 28.6. The van der Waals surface area contributed by atoms with Crippen molar-refractivity contribution in [2.45, 2.75) is 51.1 Å². The molecule has 1 atom stereocenters. The number of rotatable bonds is 12. The van der Waals surface area contributed by atoms with Crippen LogP contribution in [0.3, 0.4) is 0 Å². The number of benzene rings is 3. The van der Waals surface area contributed by atoms with Gasteiger partial charge < -0.3 is 10.2 Å². The summed E-state index contributed by atoms with van der Waals surface area (Å²) in [6, 6.07) is 19.1. The Bertz CT molecular complexity index is 1380. The number of sulfonamides is 1. The number of hydrogen-bond acceptors (Lipinski definition) is 4. The Morgan fingerprint density at radius 2 is 1.59 bits per heavy atom. The summed E-state index contributed by atoms with van der Waals surface area (Å²) >= 11 is 12.3. The Morgan fingerprint density at radius 3 is 2.18 bits per heavy atom.